The Balaban J connectivity index is 1.86. The van der Waals surface area contributed by atoms with Crippen molar-refractivity contribution >= 4 is 11.7 Å². The highest BCUT2D eigenvalue weighted by molar-refractivity contribution is 5.67. The van der Waals surface area contributed by atoms with E-state index in [4.69, 9.17) is 5.11 Å². The van der Waals surface area contributed by atoms with E-state index in [1.807, 2.05) is 12.1 Å². The molecule has 1 N–H and O–H groups in total. The number of aromatic nitrogens is 1. The molecule has 0 radical (unpaired) electrons. The molecule has 1 aliphatic heterocycles. The molecule has 74 valence electrons. The van der Waals surface area contributed by atoms with Gasteiger partial charge in [0.25, 0.3) is 0 Å². The zero-order chi connectivity index (χ0) is 9.97. The summed E-state index contributed by atoms with van der Waals surface area (Å²) in [6.45, 7) is 1.66. The van der Waals surface area contributed by atoms with Gasteiger partial charge in [-0.2, -0.15) is 0 Å². The van der Waals surface area contributed by atoms with Crippen LogP contribution in [0.3, 0.4) is 0 Å². The molecule has 0 aliphatic carbocycles. The van der Waals surface area contributed by atoms with Crippen LogP contribution in [-0.2, 0) is 4.79 Å². The Morgan fingerprint density at radius 2 is 2.43 bits per heavy atom. The Hall–Kier alpha value is -1.58. The van der Waals surface area contributed by atoms with E-state index in [1.165, 1.54) is 0 Å². The lowest BCUT2D eigenvalue weighted by molar-refractivity contribution is -0.138. The van der Waals surface area contributed by atoms with Gasteiger partial charge in [-0.15, -0.1) is 0 Å². The van der Waals surface area contributed by atoms with Gasteiger partial charge in [0.05, 0.1) is 18.3 Å². The molecule has 0 unspecified atom stereocenters. The molecule has 0 aromatic carbocycles. The minimum Gasteiger partial charge on any atom is -0.481 e. The first-order valence-corrected chi connectivity index (χ1v) is 4.62. The summed E-state index contributed by atoms with van der Waals surface area (Å²) in [5, 5.41) is 8.57. The van der Waals surface area contributed by atoms with Crippen molar-refractivity contribution in [2.75, 3.05) is 18.0 Å². The second-order valence-corrected chi connectivity index (χ2v) is 3.58. The highest BCUT2D eigenvalue weighted by Gasteiger charge is 2.28. The normalized spacial score (nSPS) is 16.4. The van der Waals surface area contributed by atoms with Gasteiger partial charge >= 0.3 is 5.97 Å². The monoisotopic (exact) mass is 192 g/mol. The number of aliphatic carboxylic acids is 1. The van der Waals surface area contributed by atoms with Crippen LogP contribution in [-0.4, -0.2) is 29.1 Å². The number of anilines is 1. The van der Waals surface area contributed by atoms with E-state index in [2.05, 4.69) is 9.88 Å². The topological polar surface area (TPSA) is 53.4 Å². The predicted molar refractivity (Wildman–Crippen MR) is 52.2 cm³/mol. The van der Waals surface area contributed by atoms with E-state index in [0.29, 0.717) is 5.92 Å². The van der Waals surface area contributed by atoms with Gasteiger partial charge < -0.3 is 10.0 Å². The molecule has 1 aliphatic rings. The highest BCUT2D eigenvalue weighted by atomic mass is 16.4. The van der Waals surface area contributed by atoms with Gasteiger partial charge in [-0.3, -0.25) is 9.78 Å². The van der Waals surface area contributed by atoms with Crippen molar-refractivity contribution in [2.24, 2.45) is 5.92 Å². The summed E-state index contributed by atoms with van der Waals surface area (Å²) in [7, 11) is 0. The Bertz CT molecular complexity index is 320. The van der Waals surface area contributed by atoms with Gasteiger partial charge in [0.15, 0.2) is 0 Å². The number of rotatable bonds is 3. The average molecular weight is 192 g/mol. The SMILES string of the molecule is O=C(O)CC1CN(c2cccnc2)C1. The first-order chi connectivity index (χ1) is 6.75. The molecule has 0 amide bonds. The van der Waals surface area contributed by atoms with E-state index in [9.17, 15) is 4.79 Å². The van der Waals surface area contributed by atoms with Gasteiger partial charge in [0, 0.05) is 25.2 Å². The molecule has 1 aromatic rings. The van der Waals surface area contributed by atoms with Crippen LogP contribution in [0.4, 0.5) is 5.69 Å². The Kier molecular flexibility index (Phi) is 2.35. The van der Waals surface area contributed by atoms with Crippen LogP contribution in [0.5, 0.6) is 0 Å². The Morgan fingerprint density at radius 1 is 1.64 bits per heavy atom. The predicted octanol–water partition coefficient (Wildman–Crippen LogP) is 0.992. The molecule has 2 rings (SSSR count). The third kappa shape index (κ3) is 1.84. The van der Waals surface area contributed by atoms with Gasteiger partial charge in [-0.1, -0.05) is 0 Å². The Morgan fingerprint density at radius 3 is 3.00 bits per heavy atom. The molecular weight excluding hydrogens is 180 g/mol. The van der Waals surface area contributed by atoms with Crippen LogP contribution in [0.15, 0.2) is 24.5 Å². The smallest absolute Gasteiger partial charge is 0.303 e. The quantitative estimate of drug-likeness (QED) is 0.776. The summed E-state index contributed by atoms with van der Waals surface area (Å²) in [6.07, 6.45) is 3.81. The second kappa shape index (κ2) is 3.65. The zero-order valence-electron chi connectivity index (χ0n) is 7.76. The highest BCUT2D eigenvalue weighted by Crippen LogP contribution is 2.25. The van der Waals surface area contributed by atoms with Crippen LogP contribution in [0.25, 0.3) is 0 Å². The third-order valence-electron chi connectivity index (χ3n) is 2.43. The van der Waals surface area contributed by atoms with Gasteiger partial charge in [0.1, 0.15) is 0 Å². The fourth-order valence-corrected chi connectivity index (χ4v) is 1.70. The fraction of sp³-hybridized carbons (Fsp3) is 0.400. The van der Waals surface area contributed by atoms with Crippen LogP contribution < -0.4 is 4.90 Å². The lowest BCUT2D eigenvalue weighted by Gasteiger charge is -2.40. The van der Waals surface area contributed by atoms with Gasteiger partial charge in [-0.25, -0.2) is 0 Å². The van der Waals surface area contributed by atoms with Crippen molar-refractivity contribution in [2.45, 2.75) is 6.42 Å². The number of carboxylic acid groups (broad SMARTS) is 1. The largest absolute Gasteiger partial charge is 0.481 e. The summed E-state index contributed by atoms with van der Waals surface area (Å²) < 4.78 is 0. The standard InChI is InChI=1S/C10H12N2O2/c13-10(14)4-8-6-12(7-8)9-2-1-3-11-5-9/h1-3,5,8H,4,6-7H2,(H,13,14). The van der Waals surface area contributed by atoms with Crippen molar-refractivity contribution in [3.8, 4) is 0 Å². The molecule has 2 heterocycles. The molecular formula is C10H12N2O2. The molecule has 0 atom stereocenters. The van der Waals surface area contributed by atoms with Crippen molar-refractivity contribution in [1.82, 2.24) is 4.98 Å². The molecule has 14 heavy (non-hydrogen) atoms. The molecule has 4 heteroatoms. The van der Waals surface area contributed by atoms with Crippen LogP contribution >= 0.6 is 0 Å². The van der Waals surface area contributed by atoms with Gasteiger partial charge in [0.2, 0.25) is 0 Å². The number of hydrogen-bond acceptors (Lipinski definition) is 3. The fourth-order valence-electron chi connectivity index (χ4n) is 1.70. The number of carbonyl (C=O) groups is 1. The second-order valence-electron chi connectivity index (χ2n) is 3.58. The average Bonchev–Trinajstić information content (AvgIpc) is 2.12. The van der Waals surface area contributed by atoms with Crippen molar-refractivity contribution in [3.63, 3.8) is 0 Å². The summed E-state index contributed by atoms with van der Waals surface area (Å²) in [6, 6.07) is 3.88. The molecule has 4 nitrogen and oxygen atoms in total. The van der Waals surface area contributed by atoms with E-state index in [1.54, 1.807) is 12.4 Å². The molecule has 1 aromatic heterocycles. The third-order valence-corrected chi connectivity index (χ3v) is 2.43. The van der Waals surface area contributed by atoms with Crippen molar-refractivity contribution in [3.05, 3.63) is 24.5 Å². The van der Waals surface area contributed by atoms with Crippen LogP contribution in [0, 0.1) is 5.92 Å². The maximum atomic E-state index is 10.4. The minimum atomic E-state index is -0.708. The first kappa shape index (κ1) is 8.99. The first-order valence-electron chi connectivity index (χ1n) is 4.62. The molecule has 0 saturated carbocycles. The maximum absolute atomic E-state index is 10.4. The number of pyridine rings is 1. The van der Waals surface area contributed by atoms with Gasteiger partial charge in [-0.05, 0) is 12.1 Å². The number of carboxylic acids is 1. The number of nitrogens with zero attached hydrogens (tertiary/aromatic N) is 2. The summed E-state index contributed by atoms with van der Waals surface area (Å²) in [4.78, 5) is 16.6. The van der Waals surface area contributed by atoms with E-state index >= 15 is 0 Å². The number of hydrogen-bond donors (Lipinski definition) is 1. The Labute approximate surface area is 82.2 Å². The van der Waals surface area contributed by atoms with Crippen molar-refractivity contribution in [1.29, 1.82) is 0 Å². The van der Waals surface area contributed by atoms with E-state index < -0.39 is 5.97 Å². The zero-order valence-corrected chi connectivity index (χ0v) is 7.76. The molecule has 1 fully saturated rings. The lowest BCUT2D eigenvalue weighted by Crippen LogP contribution is -2.47. The lowest BCUT2D eigenvalue weighted by atomic mass is 9.96. The van der Waals surface area contributed by atoms with Crippen molar-refractivity contribution < 1.29 is 9.90 Å². The summed E-state index contributed by atoms with van der Waals surface area (Å²) in [5.74, 6) is -0.409. The molecule has 0 bridgehead atoms. The van der Waals surface area contributed by atoms with E-state index in [0.717, 1.165) is 18.8 Å². The summed E-state index contributed by atoms with van der Waals surface area (Å²) in [5.41, 5.74) is 1.08. The minimum absolute atomic E-state index is 0.275. The molecule has 1 saturated heterocycles. The summed E-state index contributed by atoms with van der Waals surface area (Å²) >= 11 is 0. The van der Waals surface area contributed by atoms with Crippen LogP contribution in [0.1, 0.15) is 6.42 Å². The van der Waals surface area contributed by atoms with Crippen LogP contribution in [0.2, 0.25) is 0 Å². The van der Waals surface area contributed by atoms with E-state index in [-0.39, 0.29) is 6.42 Å². The molecule has 0 spiro atoms. The maximum Gasteiger partial charge on any atom is 0.303 e.